The van der Waals surface area contributed by atoms with E-state index in [1.54, 1.807) is 24.3 Å². The van der Waals surface area contributed by atoms with E-state index in [1.165, 1.54) is 7.05 Å². The van der Waals surface area contributed by atoms with Crippen LogP contribution in [-0.2, 0) is 16.0 Å². The largest absolute Gasteiger partial charge is 0.481 e. The molecule has 7 nitrogen and oxygen atoms in total. The molecular weight excluding hydrogens is 250 g/mol. The number of rotatable bonds is 5. The summed E-state index contributed by atoms with van der Waals surface area (Å²) in [7, 11) is 1.48. The summed E-state index contributed by atoms with van der Waals surface area (Å²) in [5.41, 5.74) is 1.16. The van der Waals surface area contributed by atoms with Crippen molar-refractivity contribution in [3.8, 4) is 0 Å². The molecule has 1 aromatic rings. The van der Waals surface area contributed by atoms with Gasteiger partial charge in [-0.25, -0.2) is 4.79 Å². The predicted molar refractivity (Wildman–Crippen MR) is 68.9 cm³/mol. The highest BCUT2D eigenvalue weighted by Crippen LogP contribution is 2.09. The zero-order valence-electron chi connectivity index (χ0n) is 10.4. The molecule has 0 aliphatic rings. The third kappa shape index (κ3) is 5.53. The summed E-state index contributed by atoms with van der Waals surface area (Å²) < 4.78 is 0. The Kier molecular flexibility index (Phi) is 5.34. The molecule has 0 fully saturated rings. The van der Waals surface area contributed by atoms with E-state index in [2.05, 4.69) is 16.0 Å². The lowest BCUT2D eigenvalue weighted by Gasteiger charge is -2.07. The minimum atomic E-state index is -0.913. The van der Waals surface area contributed by atoms with Crippen molar-refractivity contribution in [2.24, 2.45) is 0 Å². The molecule has 0 aromatic heterocycles. The standard InChI is InChI=1S/C12H15N3O4/c1-13-10(16)7-14-12(19)15-9-4-2-8(3-5-9)6-11(17)18/h2-5H,6-7H2,1H3,(H,13,16)(H,17,18)(H2,14,15,19). The third-order valence-electron chi connectivity index (χ3n) is 2.26. The number of carbonyl (C=O) groups excluding carboxylic acids is 2. The van der Waals surface area contributed by atoms with E-state index in [9.17, 15) is 14.4 Å². The molecule has 0 unspecified atom stereocenters. The van der Waals surface area contributed by atoms with Crippen LogP contribution in [0.25, 0.3) is 0 Å². The first-order chi connectivity index (χ1) is 9.01. The van der Waals surface area contributed by atoms with Gasteiger partial charge in [0.05, 0.1) is 13.0 Å². The predicted octanol–water partition coefficient (Wildman–Crippen LogP) is 0.181. The van der Waals surface area contributed by atoms with E-state index < -0.39 is 12.0 Å². The molecule has 0 heterocycles. The smallest absolute Gasteiger partial charge is 0.319 e. The van der Waals surface area contributed by atoms with Crippen LogP contribution in [0.4, 0.5) is 10.5 Å². The Balaban J connectivity index is 2.46. The van der Waals surface area contributed by atoms with E-state index >= 15 is 0 Å². The number of urea groups is 1. The minimum Gasteiger partial charge on any atom is -0.481 e. The molecular formula is C12H15N3O4. The molecule has 0 saturated heterocycles. The topological polar surface area (TPSA) is 108 Å². The normalized spacial score (nSPS) is 9.53. The van der Waals surface area contributed by atoms with E-state index in [0.717, 1.165) is 0 Å². The number of hydrogen-bond donors (Lipinski definition) is 4. The summed E-state index contributed by atoms with van der Waals surface area (Å²) in [5, 5.41) is 15.9. The van der Waals surface area contributed by atoms with Gasteiger partial charge in [-0.05, 0) is 17.7 Å². The fourth-order valence-corrected chi connectivity index (χ4v) is 1.30. The Hall–Kier alpha value is -2.57. The number of likely N-dealkylation sites (N-methyl/N-ethyl adjacent to an activating group) is 1. The maximum atomic E-state index is 11.4. The number of amides is 3. The summed E-state index contributed by atoms with van der Waals surface area (Å²) in [5.74, 6) is -1.21. The van der Waals surface area contributed by atoms with E-state index in [-0.39, 0.29) is 18.9 Å². The average molecular weight is 265 g/mol. The Morgan fingerprint density at radius 2 is 1.79 bits per heavy atom. The van der Waals surface area contributed by atoms with Crippen LogP contribution in [0.15, 0.2) is 24.3 Å². The van der Waals surface area contributed by atoms with Gasteiger partial charge in [-0.3, -0.25) is 9.59 Å². The summed E-state index contributed by atoms with van der Waals surface area (Å²) in [6.45, 7) is -0.112. The molecule has 1 rings (SSSR count). The zero-order chi connectivity index (χ0) is 14.3. The van der Waals surface area contributed by atoms with Crippen molar-refractivity contribution >= 4 is 23.6 Å². The van der Waals surface area contributed by atoms with Crippen molar-refractivity contribution in [3.63, 3.8) is 0 Å². The Bertz CT molecular complexity index is 470. The quantitative estimate of drug-likeness (QED) is 0.609. The molecule has 0 saturated carbocycles. The molecule has 3 amide bonds. The maximum Gasteiger partial charge on any atom is 0.319 e. The number of carboxylic acid groups (broad SMARTS) is 1. The van der Waals surface area contributed by atoms with Crippen LogP contribution >= 0.6 is 0 Å². The first-order valence-electron chi connectivity index (χ1n) is 5.57. The van der Waals surface area contributed by atoms with Gasteiger partial charge >= 0.3 is 12.0 Å². The van der Waals surface area contributed by atoms with Crippen molar-refractivity contribution in [2.45, 2.75) is 6.42 Å². The monoisotopic (exact) mass is 265 g/mol. The van der Waals surface area contributed by atoms with Gasteiger partial charge in [0, 0.05) is 12.7 Å². The molecule has 19 heavy (non-hydrogen) atoms. The highest BCUT2D eigenvalue weighted by molar-refractivity contribution is 5.92. The second-order valence-electron chi connectivity index (χ2n) is 3.75. The lowest BCUT2D eigenvalue weighted by atomic mass is 10.1. The van der Waals surface area contributed by atoms with E-state index in [1.807, 2.05) is 0 Å². The second-order valence-corrected chi connectivity index (χ2v) is 3.75. The van der Waals surface area contributed by atoms with Gasteiger partial charge in [-0.1, -0.05) is 12.1 Å². The van der Waals surface area contributed by atoms with Crippen LogP contribution in [0.5, 0.6) is 0 Å². The van der Waals surface area contributed by atoms with Gasteiger partial charge in [-0.2, -0.15) is 0 Å². The van der Waals surface area contributed by atoms with Gasteiger partial charge in [0.15, 0.2) is 0 Å². The lowest BCUT2D eigenvalue weighted by molar-refractivity contribution is -0.136. The highest BCUT2D eigenvalue weighted by atomic mass is 16.4. The van der Waals surface area contributed by atoms with Crippen LogP contribution in [0.1, 0.15) is 5.56 Å². The number of hydrogen-bond acceptors (Lipinski definition) is 3. The molecule has 0 atom stereocenters. The molecule has 0 aliphatic carbocycles. The Morgan fingerprint density at radius 3 is 2.32 bits per heavy atom. The molecule has 0 radical (unpaired) electrons. The minimum absolute atomic E-state index is 0.0663. The number of nitrogens with one attached hydrogen (secondary N) is 3. The maximum absolute atomic E-state index is 11.4. The van der Waals surface area contributed by atoms with Crippen molar-refractivity contribution < 1.29 is 19.5 Å². The summed E-state index contributed by atoms with van der Waals surface area (Å²) >= 11 is 0. The number of carboxylic acids is 1. The van der Waals surface area contributed by atoms with Gasteiger partial charge in [0.25, 0.3) is 0 Å². The molecule has 7 heteroatoms. The number of benzene rings is 1. The molecule has 102 valence electrons. The number of aliphatic carboxylic acids is 1. The van der Waals surface area contributed by atoms with Crippen molar-refractivity contribution in [1.82, 2.24) is 10.6 Å². The average Bonchev–Trinajstić information content (AvgIpc) is 2.37. The Morgan fingerprint density at radius 1 is 1.16 bits per heavy atom. The lowest BCUT2D eigenvalue weighted by Crippen LogP contribution is -2.37. The zero-order valence-corrected chi connectivity index (χ0v) is 10.4. The molecule has 0 spiro atoms. The number of carbonyl (C=O) groups is 3. The molecule has 0 bridgehead atoms. The van der Waals surface area contributed by atoms with Crippen LogP contribution in [-0.4, -0.2) is 36.6 Å². The van der Waals surface area contributed by atoms with Crippen LogP contribution in [0.3, 0.4) is 0 Å². The second kappa shape index (κ2) is 7.00. The molecule has 0 aliphatic heterocycles. The third-order valence-corrected chi connectivity index (χ3v) is 2.26. The fourth-order valence-electron chi connectivity index (χ4n) is 1.30. The Labute approximate surface area is 110 Å². The van der Waals surface area contributed by atoms with Crippen LogP contribution in [0, 0.1) is 0 Å². The first-order valence-corrected chi connectivity index (χ1v) is 5.57. The SMILES string of the molecule is CNC(=O)CNC(=O)Nc1ccc(CC(=O)O)cc1. The summed E-state index contributed by atoms with van der Waals surface area (Å²) in [6.07, 6.45) is -0.0663. The van der Waals surface area contributed by atoms with Crippen LogP contribution in [0.2, 0.25) is 0 Å². The van der Waals surface area contributed by atoms with Gasteiger partial charge < -0.3 is 21.1 Å². The summed E-state index contributed by atoms with van der Waals surface area (Å²) in [4.78, 5) is 32.8. The van der Waals surface area contributed by atoms with Gasteiger partial charge in [0.1, 0.15) is 0 Å². The van der Waals surface area contributed by atoms with Crippen molar-refractivity contribution in [3.05, 3.63) is 29.8 Å². The first kappa shape index (κ1) is 14.5. The van der Waals surface area contributed by atoms with E-state index in [0.29, 0.717) is 11.3 Å². The van der Waals surface area contributed by atoms with Crippen LogP contribution < -0.4 is 16.0 Å². The van der Waals surface area contributed by atoms with E-state index in [4.69, 9.17) is 5.11 Å². The fraction of sp³-hybridized carbons (Fsp3) is 0.250. The molecule has 4 N–H and O–H groups in total. The van der Waals surface area contributed by atoms with Gasteiger partial charge in [0.2, 0.25) is 5.91 Å². The number of anilines is 1. The summed E-state index contributed by atoms with van der Waals surface area (Å²) in [6, 6.07) is 5.91. The van der Waals surface area contributed by atoms with Crippen molar-refractivity contribution in [1.29, 1.82) is 0 Å². The van der Waals surface area contributed by atoms with Gasteiger partial charge in [-0.15, -0.1) is 0 Å². The van der Waals surface area contributed by atoms with Crippen molar-refractivity contribution in [2.75, 3.05) is 18.9 Å². The molecule has 1 aromatic carbocycles. The highest BCUT2D eigenvalue weighted by Gasteiger charge is 2.05.